The van der Waals surface area contributed by atoms with E-state index >= 15 is 0 Å². The molecule has 0 saturated carbocycles. The Morgan fingerprint density at radius 3 is 2.35 bits per heavy atom. The molecule has 31 heavy (non-hydrogen) atoms. The van der Waals surface area contributed by atoms with Gasteiger partial charge in [0.25, 0.3) is 0 Å². The van der Waals surface area contributed by atoms with E-state index in [1.165, 1.54) is 0 Å². The quantitative estimate of drug-likeness (QED) is 0.338. The van der Waals surface area contributed by atoms with Gasteiger partial charge in [-0.25, -0.2) is 0 Å². The Kier molecular flexibility index (Phi) is 11.0. The maximum absolute atomic E-state index is 13.0. The highest BCUT2D eigenvalue weighted by molar-refractivity contribution is 7.99. The smallest absolute Gasteiger partial charge is 0.242 e. The standard InChI is InChI=1S/C25H33ClN2O2S/c1-19(2)18-27-25(30)20(3)28(16-15-21-8-5-4-6-9-21)24(29)10-7-17-31-23-13-11-22(26)12-14-23/h4-6,8-9,11-14,19-20H,7,10,15-18H2,1-3H3,(H,27,30). The van der Waals surface area contributed by atoms with Crippen LogP contribution in [0.4, 0.5) is 0 Å². The Hall–Kier alpha value is -1.98. The Morgan fingerprint density at radius 2 is 1.71 bits per heavy atom. The average molecular weight is 461 g/mol. The summed E-state index contributed by atoms with van der Waals surface area (Å²) in [4.78, 5) is 28.5. The first-order valence-corrected chi connectivity index (χ1v) is 12.2. The summed E-state index contributed by atoms with van der Waals surface area (Å²) in [6.45, 7) is 7.08. The molecule has 0 heterocycles. The number of carbonyl (C=O) groups is 2. The molecule has 168 valence electrons. The van der Waals surface area contributed by atoms with Gasteiger partial charge in [0.15, 0.2) is 0 Å². The van der Waals surface area contributed by atoms with Crippen molar-refractivity contribution in [3.8, 4) is 0 Å². The van der Waals surface area contributed by atoms with E-state index in [0.717, 1.165) is 34.1 Å². The van der Waals surface area contributed by atoms with Crippen LogP contribution in [0.25, 0.3) is 0 Å². The van der Waals surface area contributed by atoms with Crippen LogP contribution in [0.5, 0.6) is 0 Å². The molecule has 0 radical (unpaired) electrons. The van der Waals surface area contributed by atoms with Gasteiger partial charge in [-0.15, -0.1) is 11.8 Å². The fraction of sp³-hybridized carbons (Fsp3) is 0.440. The first-order chi connectivity index (χ1) is 14.9. The molecule has 1 unspecified atom stereocenters. The van der Waals surface area contributed by atoms with Crippen LogP contribution in [0.3, 0.4) is 0 Å². The number of nitrogens with one attached hydrogen (secondary N) is 1. The lowest BCUT2D eigenvalue weighted by atomic mass is 10.1. The predicted molar refractivity (Wildman–Crippen MR) is 131 cm³/mol. The third-order valence-corrected chi connectivity index (χ3v) is 6.30. The van der Waals surface area contributed by atoms with Crippen molar-refractivity contribution in [1.82, 2.24) is 10.2 Å². The molecule has 0 spiro atoms. The van der Waals surface area contributed by atoms with E-state index in [1.54, 1.807) is 16.7 Å². The van der Waals surface area contributed by atoms with Crippen LogP contribution in [0, 0.1) is 5.92 Å². The van der Waals surface area contributed by atoms with Gasteiger partial charge < -0.3 is 10.2 Å². The maximum Gasteiger partial charge on any atom is 0.242 e. The van der Waals surface area contributed by atoms with E-state index in [1.807, 2.05) is 49.4 Å². The van der Waals surface area contributed by atoms with Gasteiger partial charge in [-0.2, -0.15) is 0 Å². The number of thioether (sulfide) groups is 1. The van der Waals surface area contributed by atoms with Gasteiger partial charge in [0.05, 0.1) is 0 Å². The number of amides is 2. The molecule has 2 aromatic carbocycles. The molecule has 1 atom stereocenters. The Bertz CT molecular complexity index is 812. The van der Waals surface area contributed by atoms with Crippen LogP contribution >= 0.6 is 23.4 Å². The van der Waals surface area contributed by atoms with Crippen molar-refractivity contribution in [1.29, 1.82) is 0 Å². The summed E-state index contributed by atoms with van der Waals surface area (Å²) < 4.78 is 0. The molecule has 0 aromatic heterocycles. The summed E-state index contributed by atoms with van der Waals surface area (Å²) in [6.07, 6.45) is 1.92. The zero-order valence-corrected chi connectivity index (χ0v) is 20.2. The second-order valence-corrected chi connectivity index (χ2v) is 9.65. The summed E-state index contributed by atoms with van der Waals surface area (Å²) in [6, 6.07) is 17.3. The summed E-state index contributed by atoms with van der Waals surface area (Å²) >= 11 is 7.64. The zero-order valence-electron chi connectivity index (χ0n) is 18.6. The van der Waals surface area contributed by atoms with Gasteiger partial charge in [-0.1, -0.05) is 55.8 Å². The molecule has 2 aromatic rings. The topological polar surface area (TPSA) is 49.4 Å². The van der Waals surface area contributed by atoms with E-state index in [-0.39, 0.29) is 11.8 Å². The second-order valence-electron chi connectivity index (χ2n) is 8.04. The first-order valence-electron chi connectivity index (χ1n) is 10.9. The third-order valence-electron chi connectivity index (χ3n) is 4.95. The monoisotopic (exact) mass is 460 g/mol. The SMILES string of the molecule is CC(C)CNC(=O)C(C)N(CCc1ccccc1)C(=O)CCCSc1ccc(Cl)cc1. The fourth-order valence-corrected chi connectivity index (χ4v) is 4.09. The highest BCUT2D eigenvalue weighted by Gasteiger charge is 2.25. The summed E-state index contributed by atoms with van der Waals surface area (Å²) in [7, 11) is 0. The minimum atomic E-state index is -0.487. The van der Waals surface area contributed by atoms with Crippen molar-refractivity contribution < 1.29 is 9.59 Å². The second kappa shape index (κ2) is 13.4. The van der Waals surface area contributed by atoms with E-state index < -0.39 is 6.04 Å². The fourth-order valence-electron chi connectivity index (χ4n) is 3.11. The Morgan fingerprint density at radius 1 is 1.03 bits per heavy atom. The number of benzene rings is 2. The molecule has 2 amide bonds. The van der Waals surface area contributed by atoms with Crippen LogP contribution < -0.4 is 5.32 Å². The van der Waals surface area contributed by atoms with Gasteiger partial charge in [-0.3, -0.25) is 9.59 Å². The van der Waals surface area contributed by atoms with Crippen LogP contribution in [0.1, 0.15) is 39.2 Å². The number of halogens is 1. The van der Waals surface area contributed by atoms with Gasteiger partial charge in [-0.05, 0) is 61.3 Å². The molecule has 0 aliphatic carbocycles. The lowest BCUT2D eigenvalue weighted by Crippen LogP contribution is -2.49. The minimum absolute atomic E-state index is 0.0276. The zero-order chi connectivity index (χ0) is 22.6. The third kappa shape index (κ3) is 9.36. The normalized spacial score (nSPS) is 11.9. The summed E-state index contributed by atoms with van der Waals surface area (Å²) in [5.41, 5.74) is 1.16. The number of rotatable bonds is 12. The maximum atomic E-state index is 13.0. The van der Waals surface area contributed by atoms with Crippen LogP contribution in [0.2, 0.25) is 5.02 Å². The Labute approximate surface area is 195 Å². The van der Waals surface area contributed by atoms with Crippen molar-refractivity contribution in [2.45, 2.75) is 51.0 Å². The van der Waals surface area contributed by atoms with E-state index in [0.29, 0.717) is 25.4 Å². The largest absolute Gasteiger partial charge is 0.354 e. The molecule has 1 N–H and O–H groups in total. The summed E-state index contributed by atoms with van der Waals surface area (Å²) in [5.74, 6) is 1.15. The molecule has 0 fully saturated rings. The average Bonchev–Trinajstić information content (AvgIpc) is 2.77. The molecule has 2 rings (SSSR count). The predicted octanol–water partition coefficient (Wildman–Crippen LogP) is 5.44. The van der Waals surface area contributed by atoms with Gasteiger partial charge in [0.2, 0.25) is 11.8 Å². The molecular formula is C25H33ClN2O2S. The van der Waals surface area contributed by atoms with Gasteiger partial charge in [0.1, 0.15) is 6.04 Å². The number of carbonyl (C=O) groups excluding carboxylic acids is 2. The lowest BCUT2D eigenvalue weighted by molar-refractivity contribution is -0.140. The molecule has 6 heteroatoms. The molecular weight excluding hydrogens is 428 g/mol. The molecule has 0 aliphatic heterocycles. The first kappa shape index (κ1) is 25.3. The van der Waals surface area contributed by atoms with Crippen LogP contribution in [-0.2, 0) is 16.0 Å². The van der Waals surface area contributed by atoms with E-state index in [9.17, 15) is 9.59 Å². The van der Waals surface area contributed by atoms with Crippen molar-refractivity contribution in [2.75, 3.05) is 18.8 Å². The Balaban J connectivity index is 1.92. The molecule has 0 aliphatic rings. The van der Waals surface area contributed by atoms with Gasteiger partial charge in [0, 0.05) is 29.4 Å². The van der Waals surface area contributed by atoms with Crippen molar-refractivity contribution in [3.05, 3.63) is 65.2 Å². The number of hydrogen-bond acceptors (Lipinski definition) is 3. The highest BCUT2D eigenvalue weighted by Crippen LogP contribution is 2.21. The van der Waals surface area contributed by atoms with Gasteiger partial charge >= 0.3 is 0 Å². The van der Waals surface area contributed by atoms with E-state index in [4.69, 9.17) is 11.6 Å². The molecule has 0 bridgehead atoms. The minimum Gasteiger partial charge on any atom is -0.354 e. The number of nitrogens with zero attached hydrogens (tertiary/aromatic N) is 1. The lowest BCUT2D eigenvalue weighted by Gasteiger charge is -2.29. The van der Waals surface area contributed by atoms with Crippen molar-refractivity contribution >= 4 is 35.2 Å². The molecule has 4 nitrogen and oxygen atoms in total. The number of hydrogen-bond donors (Lipinski definition) is 1. The van der Waals surface area contributed by atoms with E-state index in [2.05, 4.69) is 31.3 Å². The van der Waals surface area contributed by atoms with Crippen molar-refractivity contribution in [2.24, 2.45) is 5.92 Å². The van der Waals surface area contributed by atoms with Crippen LogP contribution in [0.15, 0.2) is 59.5 Å². The van der Waals surface area contributed by atoms with Crippen molar-refractivity contribution in [3.63, 3.8) is 0 Å². The van der Waals surface area contributed by atoms with Crippen LogP contribution in [-0.4, -0.2) is 41.6 Å². The molecule has 0 saturated heterocycles. The summed E-state index contributed by atoms with van der Waals surface area (Å²) in [5, 5.41) is 3.68. The highest BCUT2D eigenvalue weighted by atomic mass is 35.5.